The molecule has 0 aliphatic heterocycles. The number of methoxy groups -OCH3 is 1. The molecule has 5 heteroatoms. The molecular weight excluding hydrogens is 190 g/mol. The summed E-state index contributed by atoms with van der Waals surface area (Å²) in [6, 6.07) is 0. The van der Waals surface area contributed by atoms with Crippen LogP contribution in [0.3, 0.4) is 0 Å². The molecule has 4 nitrogen and oxygen atoms in total. The van der Waals surface area contributed by atoms with Crippen molar-refractivity contribution in [3.63, 3.8) is 0 Å². The summed E-state index contributed by atoms with van der Waals surface area (Å²) < 4.78 is 26.3. The second-order valence-corrected chi connectivity index (χ2v) is 5.34. The largest absolute Gasteiger partial charge is 0.385 e. The third kappa shape index (κ3) is 11.9. The van der Waals surface area contributed by atoms with Crippen LogP contribution in [0.5, 0.6) is 0 Å². The van der Waals surface area contributed by atoms with E-state index in [0.717, 1.165) is 26.0 Å². The molecule has 0 aliphatic carbocycles. The van der Waals surface area contributed by atoms with E-state index in [1.54, 1.807) is 7.11 Å². The van der Waals surface area contributed by atoms with Crippen molar-refractivity contribution in [3.8, 4) is 0 Å². The summed E-state index contributed by atoms with van der Waals surface area (Å²) in [6.07, 6.45) is 3.29. The molecule has 0 bridgehead atoms. The van der Waals surface area contributed by atoms with Crippen LogP contribution in [0.4, 0.5) is 0 Å². The van der Waals surface area contributed by atoms with Crippen LogP contribution in [0.1, 0.15) is 12.8 Å². The van der Waals surface area contributed by atoms with E-state index in [-0.39, 0.29) is 5.75 Å². The SMILES string of the molecule is COCCCCNCCS(C)(=O)=O. The van der Waals surface area contributed by atoms with Crippen molar-refractivity contribution >= 4 is 9.84 Å². The summed E-state index contributed by atoms with van der Waals surface area (Å²) in [7, 11) is -1.13. The average molecular weight is 209 g/mol. The molecule has 0 rings (SSSR count). The zero-order chi connectivity index (χ0) is 10.2. The topological polar surface area (TPSA) is 55.4 Å². The monoisotopic (exact) mass is 209 g/mol. The van der Waals surface area contributed by atoms with Gasteiger partial charge in [0.25, 0.3) is 0 Å². The summed E-state index contributed by atoms with van der Waals surface area (Å²) in [5.41, 5.74) is 0. The van der Waals surface area contributed by atoms with Gasteiger partial charge < -0.3 is 10.1 Å². The highest BCUT2D eigenvalue weighted by Crippen LogP contribution is 1.87. The molecule has 0 aromatic heterocycles. The molecule has 0 aromatic carbocycles. The van der Waals surface area contributed by atoms with Crippen LogP contribution < -0.4 is 5.32 Å². The predicted octanol–water partition coefficient (Wildman–Crippen LogP) is 0.0472. The number of hydrogen-bond acceptors (Lipinski definition) is 4. The van der Waals surface area contributed by atoms with E-state index in [9.17, 15) is 8.42 Å². The van der Waals surface area contributed by atoms with Crippen molar-refractivity contribution in [1.29, 1.82) is 0 Å². The Morgan fingerprint density at radius 2 is 1.92 bits per heavy atom. The molecule has 0 saturated heterocycles. The fourth-order valence-corrected chi connectivity index (χ4v) is 1.39. The van der Waals surface area contributed by atoms with Gasteiger partial charge >= 0.3 is 0 Å². The number of rotatable bonds is 8. The number of sulfone groups is 1. The maximum Gasteiger partial charge on any atom is 0.148 e. The van der Waals surface area contributed by atoms with Crippen molar-refractivity contribution in [2.24, 2.45) is 0 Å². The van der Waals surface area contributed by atoms with Crippen molar-refractivity contribution in [2.75, 3.05) is 38.8 Å². The van der Waals surface area contributed by atoms with Crippen LogP contribution in [-0.4, -0.2) is 47.2 Å². The molecule has 0 spiro atoms. The molecule has 1 N–H and O–H groups in total. The molecule has 0 fully saturated rings. The first kappa shape index (κ1) is 12.9. The first-order chi connectivity index (χ1) is 6.06. The van der Waals surface area contributed by atoms with Crippen molar-refractivity contribution in [3.05, 3.63) is 0 Å². The van der Waals surface area contributed by atoms with Gasteiger partial charge in [-0.3, -0.25) is 0 Å². The van der Waals surface area contributed by atoms with Gasteiger partial charge in [0.2, 0.25) is 0 Å². The van der Waals surface area contributed by atoms with Gasteiger partial charge in [0.1, 0.15) is 9.84 Å². The van der Waals surface area contributed by atoms with E-state index < -0.39 is 9.84 Å². The predicted molar refractivity (Wildman–Crippen MR) is 53.7 cm³/mol. The van der Waals surface area contributed by atoms with Crippen LogP contribution in [0.25, 0.3) is 0 Å². The van der Waals surface area contributed by atoms with E-state index in [1.165, 1.54) is 6.26 Å². The zero-order valence-corrected chi connectivity index (χ0v) is 9.19. The van der Waals surface area contributed by atoms with Crippen molar-refractivity contribution in [2.45, 2.75) is 12.8 Å². The van der Waals surface area contributed by atoms with Gasteiger partial charge in [-0.25, -0.2) is 8.42 Å². The number of ether oxygens (including phenoxy) is 1. The Balaban J connectivity index is 3.09. The third-order valence-corrected chi connectivity index (χ3v) is 2.55. The average Bonchev–Trinajstić information content (AvgIpc) is 2.01. The lowest BCUT2D eigenvalue weighted by Crippen LogP contribution is -2.23. The van der Waals surface area contributed by atoms with Crippen LogP contribution in [0.15, 0.2) is 0 Å². The number of hydrogen-bond donors (Lipinski definition) is 1. The van der Waals surface area contributed by atoms with Gasteiger partial charge in [0.15, 0.2) is 0 Å². The minimum absolute atomic E-state index is 0.220. The fraction of sp³-hybridized carbons (Fsp3) is 1.00. The Labute approximate surface area is 80.6 Å². The van der Waals surface area contributed by atoms with Crippen LogP contribution in [0.2, 0.25) is 0 Å². The summed E-state index contributed by atoms with van der Waals surface area (Å²) >= 11 is 0. The molecule has 80 valence electrons. The summed E-state index contributed by atoms with van der Waals surface area (Å²) in [4.78, 5) is 0. The molecular formula is C8H19NO3S. The van der Waals surface area contributed by atoms with Gasteiger partial charge in [-0.05, 0) is 19.4 Å². The quantitative estimate of drug-likeness (QED) is 0.574. The Bertz CT molecular complexity index is 201. The molecule has 13 heavy (non-hydrogen) atoms. The molecule has 0 atom stereocenters. The van der Waals surface area contributed by atoms with E-state index in [1.807, 2.05) is 0 Å². The lowest BCUT2D eigenvalue weighted by atomic mass is 10.3. The molecule has 0 amide bonds. The molecule has 0 aromatic rings. The summed E-state index contributed by atoms with van der Waals surface area (Å²) in [5.74, 6) is 0.220. The molecule has 0 saturated carbocycles. The highest BCUT2D eigenvalue weighted by Gasteiger charge is 1.99. The van der Waals surface area contributed by atoms with Crippen LogP contribution in [-0.2, 0) is 14.6 Å². The number of nitrogens with one attached hydrogen (secondary N) is 1. The lowest BCUT2D eigenvalue weighted by molar-refractivity contribution is 0.192. The lowest BCUT2D eigenvalue weighted by Gasteiger charge is -2.02. The van der Waals surface area contributed by atoms with Crippen LogP contribution >= 0.6 is 0 Å². The molecule has 0 unspecified atom stereocenters. The first-order valence-corrected chi connectivity index (χ1v) is 6.49. The fourth-order valence-electron chi connectivity index (χ4n) is 0.879. The van der Waals surface area contributed by atoms with E-state index in [4.69, 9.17) is 4.74 Å². The minimum atomic E-state index is -2.81. The van der Waals surface area contributed by atoms with Crippen molar-refractivity contribution in [1.82, 2.24) is 5.32 Å². The molecule has 0 aliphatic rings. The van der Waals surface area contributed by atoms with Gasteiger partial charge in [0.05, 0.1) is 5.75 Å². The van der Waals surface area contributed by atoms with E-state index in [0.29, 0.717) is 6.54 Å². The second kappa shape index (κ2) is 7.29. The van der Waals surface area contributed by atoms with Gasteiger partial charge in [-0.15, -0.1) is 0 Å². The van der Waals surface area contributed by atoms with E-state index >= 15 is 0 Å². The van der Waals surface area contributed by atoms with Gasteiger partial charge in [-0.1, -0.05) is 0 Å². The van der Waals surface area contributed by atoms with Gasteiger partial charge in [-0.2, -0.15) is 0 Å². The van der Waals surface area contributed by atoms with Gasteiger partial charge in [0, 0.05) is 26.5 Å². The van der Waals surface area contributed by atoms with Crippen LogP contribution in [0, 0.1) is 0 Å². The Morgan fingerprint density at radius 3 is 2.46 bits per heavy atom. The Hall–Kier alpha value is -0.130. The maximum atomic E-state index is 10.7. The highest BCUT2D eigenvalue weighted by atomic mass is 32.2. The Morgan fingerprint density at radius 1 is 1.23 bits per heavy atom. The molecule has 0 heterocycles. The maximum absolute atomic E-state index is 10.7. The second-order valence-electron chi connectivity index (χ2n) is 3.08. The highest BCUT2D eigenvalue weighted by molar-refractivity contribution is 7.90. The standard InChI is InChI=1S/C8H19NO3S/c1-12-7-4-3-5-9-6-8-13(2,10)11/h9H,3-8H2,1-2H3. The summed E-state index contributed by atoms with van der Waals surface area (Å²) in [6.45, 7) is 2.18. The number of unbranched alkanes of at least 4 members (excludes halogenated alkanes) is 1. The minimum Gasteiger partial charge on any atom is -0.385 e. The Kier molecular flexibility index (Phi) is 7.22. The third-order valence-electron chi connectivity index (χ3n) is 1.60. The smallest absolute Gasteiger partial charge is 0.148 e. The normalized spacial score (nSPS) is 11.8. The van der Waals surface area contributed by atoms with Crippen molar-refractivity contribution < 1.29 is 13.2 Å². The first-order valence-electron chi connectivity index (χ1n) is 4.43. The van der Waals surface area contributed by atoms with E-state index in [2.05, 4.69) is 5.32 Å². The molecule has 0 radical (unpaired) electrons. The summed E-state index contributed by atoms with van der Waals surface area (Å²) in [5, 5.41) is 3.07. The zero-order valence-electron chi connectivity index (χ0n) is 8.38.